The Bertz CT molecular complexity index is 592. The van der Waals surface area contributed by atoms with E-state index in [-0.39, 0.29) is 16.9 Å². The summed E-state index contributed by atoms with van der Waals surface area (Å²) < 4.78 is 37.0. The molecule has 2 aromatic rings. The van der Waals surface area contributed by atoms with E-state index in [9.17, 15) is 23.3 Å². The smallest absolute Gasteiger partial charge is 0.273 e. The van der Waals surface area contributed by atoms with E-state index in [1.165, 1.54) is 18.2 Å². The van der Waals surface area contributed by atoms with Crippen LogP contribution < -0.4 is 0 Å². The average Bonchev–Trinajstić information content (AvgIpc) is 2.78. The lowest BCUT2D eigenvalue weighted by molar-refractivity contribution is -0.384. The van der Waals surface area contributed by atoms with E-state index < -0.39 is 16.8 Å². The minimum absolute atomic E-state index is 0.00558. The highest BCUT2D eigenvalue weighted by Crippen LogP contribution is 2.30. The fourth-order valence-corrected chi connectivity index (χ4v) is 1.39. The van der Waals surface area contributed by atoms with Crippen LogP contribution in [0.1, 0.15) is 5.69 Å². The van der Waals surface area contributed by atoms with Gasteiger partial charge in [0.2, 0.25) is 0 Å². The molecular formula is C10H6F3N3O2. The minimum Gasteiger partial charge on any atom is -0.273 e. The molecule has 0 saturated heterocycles. The van der Waals surface area contributed by atoms with Gasteiger partial charge >= 0.3 is 6.18 Å². The van der Waals surface area contributed by atoms with Crippen molar-refractivity contribution in [3.05, 3.63) is 46.1 Å². The quantitative estimate of drug-likeness (QED) is 0.664. The molecule has 18 heavy (non-hydrogen) atoms. The lowest BCUT2D eigenvalue weighted by Crippen LogP contribution is -2.04. The van der Waals surface area contributed by atoms with Crippen LogP contribution in [-0.4, -0.2) is 15.1 Å². The summed E-state index contributed by atoms with van der Waals surface area (Å²) in [7, 11) is 0. The van der Waals surface area contributed by atoms with Crippen molar-refractivity contribution in [3.63, 3.8) is 0 Å². The highest BCUT2D eigenvalue weighted by molar-refractivity contribution is 5.62. The van der Waals surface area contributed by atoms with Crippen LogP contribution in [0.5, 0.6) is 0 Å². The van der Waals surface area contributed by atoms with Crippen molar-refractivity contribution in [1.29, 1.82) is 0 Å². The van der Waals surface area contributed by atoms with Crippen LogP contribution in [0.15, 0.2) is 30.3 Å². The molecule has 94 valence electrons. The number of halogens is 3. The number of nitro groups is 1. The molecule has 0 aliphatic heterocycles. The van der Waals surface area contributed by atoms with Gasteiger partial charge in [-0.2, -0.15) is 18.3 Å². The molecule has 0 spiro atoms. The zero-order valence-corrected chi connectivity index (χ0v) is 8.73. The van der Waals surface area contributed by atoms with Crippen molar-refractivity contribution in [1.82, 2.24) is 10.2 Å². The number of rotatable bonds is 2. The maximum absolute atomic E-state index is 12.3. The van der Waals surface area contributed by atoms with Crippen LogP contribution in [0.3, 0.4) is 0 Å². The molecule has 1 aromatic carbocycles. The number of non-ortho nitro benzene ring substituents is 1. The summed E-state index contributed by atoms with van der Waals surface area (Å²) in [5.74, 6) is 0. The van der Waals surface area contributed by atoms with Crippen LogP contribution in [0.2, 0.25) is 0 Å². The third-order valence-electron chi connectivity index (χ3n) is 2.24. The molecule has 5 nitrogen and oxygen atoms in total. The molecule has 0 amide bonds. The van der Waals surface area contributed by atoms with Crippen LogP contribution in [0.25, 0.3) is 11.3 Å². The molecule has 0 aliphatic rings. The Hall–Kier alpha value is -2.38. The zero-order chi connectivity index (χ0) is 13.3. The highest BCUT2D eigenvalue weighted by Gasteiger charge is 2.33. The van der Waals surface area contributed by atoms with Crippen LogP contribution in [0.4, 0.5) is 18.9 Å². The molecule has 0 fully saturated rings. The van der Waals surface area contributed by atoms with E-state index in [1.54, 1.807) is 0 Å². The number of H-pyrrole nitrogens is 1. The molecular weight excluding hydrogens is 251 g/mol. The fourth-order valence-electron chi connectivity index (χ4n) is 1.39. The monoisotopic (exact) mass is 257 g/mol. The molecule has 0 aliphatic carbocycles. The third kappa shape index (κ3) is 2.31. The molecule has 0 unspecified atom stereocenters. The Morgan fingerprint density at radius 3 is 2.56 bits per heavy atom. The Morgan fingerprint density at radius 2 is 2.00 bits per heavy atom. The minimum atomic E-state index is -4.52. The fraction of sp³-hybridized carbons (Fsp3) is 0.100. The summed E-state index contributed by atoms with van der Waals surface area (Å²) in [4.78, 5) is 9.92. The summed E-state index contributed by atoms with van der Waals surface area (Å²) in [5.41, 5.74) is -0.949. The first-order valence-electron chi connectivity index (χ1n) is 4.75. The Labute approximate surface area is 98.4 Å². The van der Waals surface area contributed by atoms with Crippen LogP contribution in [0, 0.1) is 10.1 Å². The predicted octanol–water partition coefficient (Wildman–Crippen LogP) is 3.00. The maximum Gasteiger partial charge on any atom is 0.432 e. The summed E-state index contributed by atoms with van der Waals surface area (Å²) in [6, 6.07) is 6.05. The van der Waals surface area contributed by atoms with Gasteiger partial charge in [0.05, 0.1) is 10.6 Å². The first-order chi connectivity index (χ1) is 8.38. The van der Waals surface area contributed by atoms with Gasteiger partial charge < -0.3 is 0 Å². The standard InChI is InChI=1S/C10H6F3N3O2/c11-10(12,13)9-5-8(14-15-9)6-2-1-3-7(4-6)16(17)18/h1-5H,(H,14,15). The summed E-state index contributed by atoms with van der Waals surface area (Å²) in [6.45, 7) is 0. The molecule has 1 heterocycles. The number of hydrogen-bond acceptors (Lipinski definition) is 3. The SMILES string of the molecule is O=[N+]([O-])c1cccc(-c2cc(C(F)(F)F)[nH]n2)c1. The second kappa shape index (κ2) is 4.13. The molecule has 1 aromatic heterocycles. The van der Waals surface area contributed by atoms with Crippen molar-refractivity contribution in [2.24, 2.45) is 0 Å². The molecule has 1 N–H and O–H groups in total. The topological polar surface area (TPSA) is 71.8 Å². The number of benzene rings is 1. The molecule has 0 atom stereocenters. The van der Waals surface area contributed by atoms with E-state index in [1.807, 2.05) is 5.10 Å². The molecule has 0 bridgehead atoms. The van der Waals surface area contributed by atoms with Crippen molar-refractivity contribution < 1.29 is 18.1 Å². The van der Waals surface area contributed by atoms with Gasteiger partial charge in [-0.15, -0.1) is 0 Å². The number of nitrogens with one attached hydrogen (secondary N) is 1. The lowest BCUT2D eigenvalue weighted by Gasteiger charge is -2.00. The lowest BCUT2D eigenvalue weighted by atomic mass is 10.1. The zero-order valence-electron chi connectivity index (χ0n) is 8.73. The van der Waals surface area contributed by atoms with E-state index in [2.05, 4.69) is 5.10 Å². The third-order valence-corrected chi connectivity index (χ3v) is 2.24. The van der Waals surface area contributed by atoms with E-state index in [4.69, 9.17) is 0 Å². The van der Waals surface area contributed by atoms with Gasteiger partial charge in [-0.05, 0) is 6.07 Å². The van der Waals surface area contributed by atoms with Crippen LogP contribution >= 0.6 is 0 Å². The second-order valence-corrected chi connectivity index (χ2v) is 3.47. The Morgan fingerprint density at radius 1 is 1.28 bits per heavy atom. The van der Waals surface area contributed by atoms with Gasteiger partial charge in [-0.25, -0.2) is 0 Å². The Kier molecular flexibility index (Phi) is 2.77. The van der Waals surface area contributed by atoms with Crippen molar-refractivity contribution in [2.75, 3.05) is 0 Å². The number of nitro benzene ring substituents is 1. The van der Waals surface area contributed by atoms with Gasteiger partial charge in [0.15, 0.2) is 0 Å². The molecule has 0 saturated carbocycles. The van der Waals surface area contributed by atoms with Gasteiger partial charge in [0.1, 0.15) is 5.69 Å². The van der Waals surface area contributed by atoms with E-state index in [0.29, 0.717) is 0 Å². The maximum atomic E-state index is 12.3. The van der Waals surface area contributed by atoms with Crippen LogP contribution in [-0.2, 0) is 6.18 Å². The van der Waals surface area contributed by atoms with Crippen molar-refractivity contribution in [3.8, 4) is 11.3 Å². The first-order valence-corrected chi connectivity index (χ1v) is 4.75. The van der Waals surface area contributed by atoms with Gasteiger partial charge in [-0.1, -0.05) is 12.1 Å². The predicted molar refractivity (Wildman–Crippen MR) is 55.7 cm³/mol. The highest BCUT2D eigenvalue weighted by atomic mass is 19.4. The Balaban J connectivity index is 2.40. The molecule has 8 heteroatoms. The number of nitrogens with zero attached hydrogens (tertiary/aromatic N) is 2. The van der Waals surface area contributed by atoms with Crippen molar-refractivity contribution >= 4 is 5.69 Å². The summed E-state index contributed by atoms with van der Waals surface area (Å²) in [5, 5.41) is 15.9. The first kappa shape index (κ1) is 12.1. The average molecular weight is 257 g/mol. The van der Waals surface area contributed by atoms with E-state index >= 15 is 0 Å². The van der Waals surface area contributed by atoms with Gasteiger partial charge in [-0.3, -0.25) is 15.2 Å². The largest absolute Gasteiger partial charge is 0.432 e. The number of alkyl halides is 3. The van der Waals surface area contributed by atoms with Crippen molar-refractivity contribution in [2.45, 2.75) is 6.18 Å². The number of aromatic amines is 1. The number of hydrogen-bond donors (Lipinski definition) is 1. The summed E-state index contributed by atoms with van der Waals surface area (Å²) in [6.07, 6.45) is -4.52. The van der Waals surface area contributed by atoms with Gasteiger partial charge in [0.25, 0.3) is 5.69 Å². The van der Waals surface area contributed by atoms with Gasteiger partial charge in [0, 0.05) is 17.7 Å². The molecule has 2 rings (SSSR count). The molecule has 0 radical (unpaired) electrons. The second-order valence-electron chi connectivity index (χ2n) is 3.47. The summed E-state index contributed by atoms with van der Waals surface area (Å²) >= 11 is 0. The number of aromatic nitrogens is 2. The van der Waals surface area contributed by atoms with E-state index in [0.717, 1.165) is 12.1 Å². The normalized spacial score (nSPS) is 11.5.